The van der Waals surface area contributed by atoms with Gasteiger partial charge in [-0.15, -0.1) is 0 Å². The molecule has 28 heavy (non-hydrogen) atoms. The number of carbonyl (C=O) groups is 5. The van der Waals surface area contributed by atoms with Gasteiger partial charge in [-0.3, -0.25) is 28.9 Å². The molecule has 2 heterocycles. The summed E-state index contributed by atoms with van der Waals surface area (Å²) in [6.45, 7) is 3.13. The standard InChI is InChI=1S/C19H21N3O6/c1-10(2)8-15(24)28-9-21-14(23)7-6-13(18(21)26)22-17(25)11-4-3-5-12(20)16(11)19(22)27/h3-5,10,13H,6-9,20H2,1-2H3. The predicted molar refractivity (Wildman–Crippen MR) is 96.6 cm³/mol. The molecule has 0 aromatic heterocycles. The average Bonchev–Trinajstić information content (AvgIpc) is 2.87. The summed E-state index contributed by atoms with van der Waals surface area (Å²) >= 11 is 0. The first-order valence-electron chi connectivity index (χ1n) is 8.98. The minimum absolute atomic E-state index is 0.0134. The second kappa shape index (κ2) is 7.41. The minimum Gasteiger partial charge on any atom is -0.444 e. The van der Waals surface area contributed by atoms with Crippen molar-refractivity contribution in [1.29, 1.82) is 0 Å². The summed E-state index contributed by atoms with van der Waals surface area (Å²) in [5.74, 6) is -3.03. The number of amides is 4. The Morgan fingerprint density at radius 2 is 1.93 bits per heavy atom. The van der Waals surface area contributed by atoms with Crippen LogP contribution in [-0.4, -0.2) is 52.2 Å². The number of carbonyl (C=O) groups excluding carboxylic acids is 5. The van der Waals surface area contributed by atoms with Gasteiger partial charge in [-0.05, 0) is 24.5 Å². The van der Waals surface area contributed by atoms with Crippen molar-refractivity contribution in [2.75, 3.05) is 12.5 Å². The number of rotatable bonds is 5. The van der Waals surface area contributed by atoms with Crippen LogP contribution in [0.3, 0.4) is 0 Å². The molecule has 1 atom stereocenters. The number of nitrogens with two attached hydrogens (primary N) is 1. The number of anilines is 1. The third kappa shape index (κ3) is 3.35. The van der Waals surface area contributed by atoms with Gasteiger partial charge in [-0.1, -0.05) is 19.9 Å². The molecule has 2 aliphatic heterocycles. The second-order valence-corrected chi connectivity index (χ2v) is 7.21. The Hall–Kier alpha value is -3.23. The topological polar surface area (TPSA) is 127 Å². The Morgan fingerprint density at radius 3 is 2.57 bits per heavy atom. The highest BCUT2D eigenvalue weighted by Gasteiger charge is 2.47. The van der Waals surface area contributed by atoms with Crippen LogP contribution in [0.4, 0.5) is 5.69 Å². The van der Waals surface area contributed by atoms with E-state index in [4.69, 9.17) is 10.5 Å². The van der Waals surface area contributed by atoms with Crippen molar-refractivity contribution in [3.8, 4) is 0 Å². The number of esters is 1. The van der Waals surface area contributed by atoms with Gasteiger partial charge in [-0.25, -0.2) is 4.90 Å². The highest BCUT2D eigenvalue weighted by atomic mass is 16.5. The number of benzene rings is 1. The third-order valence-corrected chi connectivity index (χ3v) is 4.70. The van der Waals surface area contributed by atoms with E-state index in [0.717, 1.165) is 9.80 Å². The molecule has 0 aliphatic carbocycles. The van der Waals surface area contributed by atoms with Crippen LogP contribution < -0.4 is 5.73 Å². The summed E-state index contributed by atoms with van der Waals surface area (Å²) in [7, 11) is 0. The molecule has 0 saturated carbocycles. The lowest BCUT2D eigenvalue weighted by Gasteiger charge is -2.34. The largest absolute Gasteiger partial charge is 0.444 e. The smallest absolute Gasteiger partial charge is 0.307 e. The predicted octanol–water partition coefficient (Wildman–Crippen LogP) is 0.929. The summed E-state index contributed by atoms with van der Waals surface area (Å²) in [6.07, 6.45) is 0.109. The fraction of sp³-hybridized carbons (Fsp3) is 0.421. The van der Waals surface area contributed by atoms with Crippen molar-refractivity contribution in [3.63, 3.8) is 0 Å². The van der Waals surface area contributed by atoms with Crippen molar-refractivity contribution < 1.29 is 28.7 Å². The van der Waals surface area contributed by atoms with Crippen LogP contribution in [-0.2, 0) is 19.1 Å². The molecule has 1 fully saturated rings. The molecule has 0 radical (unpaired) electrons. The van der Waals surface area contributed by atoms with Crippen LogP contribution in [0.1, 0.15) is 53.8 Å². The summed E-state index contributed by atoms with van der Waals surface area (Å²) in [6, 6.07) is 3.37. The highest BCUT2D eigenvalue weighted by molar-refractivity contribution is 6.25. The van der Waals surface area contributed by atoms with E-state index in [2.05, 4.69) is 0 Å². The molecule has 4 amide bonds. The van der Waals surface area contributed by atoms with Crippen LogP contribution >= 0.6 is 0 Å². The summed E-state index contributed by atoms with van der Waals surface area (Å²) in [5, 5.41) is 0. The van der Waals surface area contributed by atoms with Gasteiger partial charge in [0.25, 0.3) is 17.7 Å². The summed E-state index contributed by atoms with van der Waals surface area (Å²) in [4.78, 5) is 63.7. The van der Waals surface area contributed by atoms with Crippen molar-refractivity contribution in [3.05, 3.63) is 29.3 Å². The normalized spacial score (nSPS) is 19.5. The number of nitrogens with zero attached hydrogens (tertiary/aromatic N) is 2. The van der Waals surface area contributed by atoms with Gasteiger partial charge >= 0.3 is 5.97 Å². The lowest BCUT2D eigenvalue weighted by molar-refractivity contribution is -0.164. The molecule has 0 spiro atoms. The quantitative estimate of drug-likeness (QED) is 0.452. The molecule has 1 saturated heterocycles. The number of fused-ring (bicyclic) bond motifs is 1. The van der Waals surface area contributed by atoms with Gasteiger partial charge in [0.15, 0.2) is 6.73 Å². The first-order valence-corrected chi connectivity index (χ1v) is 8.98. The number of imide groups is 2. The molecule has 148 valence electrons. The Balaban J connectivity index is 1.78. The summed E-state index contributed by atoms with van der Waals surface area (Å²) < 4.78 is 5.02. The Kier molecular flexibility index (Phi) is 5.17. The van der Waals surface area contributed by atoms with E-state index < -0.39 is 42.4 Å². The fourth-order valence-electron chi connectivity index (χ4n) is 3.34. The lowest BCUT2D eigenvalue weighted by Crippen LogP contribution is -2.56. The summed E-state index contributed by atoms with van der Waals surface area (Å²) in [5.41, 5.74) is 6.16. The Morgan fingerprint density at radius 1 is 1.21 bits per heavy atom. The van der Waals surface area contributed by atoms with Gasteiger partial charge < -0.3 is 10.5 Å². The van der Waals surface area contributed by atoms with Crippen LogP contribution in [0.15, 0.2) is 18.2 Å². The molecule has 1 aromatic carbocycles. The zero-order chi connectivity index (χ0) is 20.6. The van der Waals surface area contributed by atoms with Gasteiger partial charge in [0, 0.05) is 18.5 Å². The SMILES string of the molecule is CC(C)CC(=O)OCN1C(=O)CCC(N2C(=O)c3cccc(N)c3C2=O)C1=O. The second-order valence-electron chi connectivity index (χ2n) is 7.21. The first-order chi connectivity index (χ1) is 13.2. The molecule has 9 heteroatoms. The van der Waals surface area contributed by atoms with Crippen molar-refractivity contribution in [2.45, 2.75) is 39.2 Å². The number of ether oxygens (including phenoxy) is 1. The van der Waals surface area contributed by atoms with Crippen molar-refractivity contribution in [1.82, 2.24) is 9.80 Å². The zero-order valence-electron chi connectivity index (χ0n) is 15.6. The van der Waals surface area contributed by atoms with E-state index >= 15 is 0 Å². The van der Waals surface area contributed by atoms with Crippen molar-refractivity contribution in [2.24, 2.45) is 5.92 Å². The van der Waals surface area contributed by atoms with E-state index in [1.54, 1.807) is 6.07 Å². The number of piperidine rings is 1. The maximum Gasteiger partial charge on any atom is 0.307 e. The highest BCUT2D eigenvalue weighted by Crippen LogP contribution is 2.32. The monoisotopic (exact) mass is 387 g/mol. The molecular formula is C19H21N3O6. The van der Waals surface area contributed by atoms with E-state index in [1.165, 1.54) is 12.1 Å². The molecule has 0 bridgehead atoms. The molecule has 2 N–H and O–H groups in total. The minimum atomic E-state index is -1.15. The average molecular weight is 387 g/mol. The van der Waals surface area contributed by atoms with Crippen LogP contribution in [0.2, 0.25) is 0 Å². The van der Waals surface area contributed by atoms with Crippen LogP contribution in [0.25, 0.3) is 0 Å². The van der Waals surface area contributed by atoms with E-state index in [-0.39, 0.29) is 42.0 Å². The number of hydrogen-bond acceptors (Lipinski definition) is 7. The zero-order valence-corrected chi connectivity index (χ0v) is 15.6. The molecule has 3 rings (SSSR count). The molecule has 1 aromatic rings. The van der Waals surface area contributed by atoms with E-state index in [0.29, 0.717) is 0 Å². The van der Waals surface area contributed by atoms with Gasteiger partial charge in [-0.2, -0.15) is 0 Å². The Bertz CT molecular complexity index is 878. The van der Waals surface area contributed by atoms with Gasteiger partial charge in [0.05, 0.1) is 11.1 Å². The first kappa shape index (κ1) is 19.5. The molecule has 9 nitrogen and oxygen atoms in total. The van der Waals surface area contributed by atoms with E-state index in [9.17, 15) is 24.0 Å². The Labute approximate surface area is 161 Å². The van der Waals surface area contributed by atoms with Crippen LogP contribution in [0.5, 0.6) is 0 Å². The molecular weight excluding hydrogens is 366 g/mol. The van der Waals surface area contributed by atoms with Gasteiger partial charge in [0.1, 0.15) is 6.04 Å². The third-order valence-electron chi connectivity index (χ3n) is 4.70. The number of nitrogen functional groups attached to an aromatic ring is 1. The van der Waals surface area contributed by atoms with Crippen LogP contribution in [0, 0.1) is 5.92 Å². The molecule has 1 unspecified atom stereocenters. The maximum atomic E-state index is 12.8. The van der Waals surface area contributed by atoms with Gasteiger partial charge in [0.2, 0.25) is 5.91 Å². The fourth-order valence-corrected chi connectivity index (χ4v) is 3.34. The van der Waals surface area contributed by atoms with E-state index in [1.807, 2.05) is 13.8 Å². The number of likely N-dealkylation sites (tertiary alicyclic amines) is 1. The van der Waals surface area contributed by atoms with Crippen molar-refractivity contribution >= 4 is 35.3 Å². The lowest BCUT2D eigenvalue weighted by atomic mass is 10.0. The molecule has 2 aliphatic rings. The maximum absolute atomic E-state index is 12.8. The number of hydrogen-bond donors (Lipinski definition) is 1.